The van der Waals surface area contributed by atoms with Crippen LogP contribution in [0.5, 0.6) is 0 Å². The number of ether oxygens (including phenoxy) is 1. The van der Waals surface area contributed by atoms with Gasteiger partial charge in [-0.1, -0.05) is 30.3 Å². The number of likely N-dealkylation sites (tertiary alicyclic amines) is 2. The predicted octanol–water partition coefficient (Wildman–Crippen LogP) is 3.23. The fourth-order valence-electron chi connectivity index (χ4n) is 5.57. The van der Waals surface area contributed by atoms with E-state index in [0.717, 1.165) is 57.4 Å². The van der Waals surface area contributed by atoms with Crippen molar-refractivity contribution in [1.29, 1.82) is 0 Å². The van der Waals surface area contributed by atoms with E-state index in [1.54, 1.807) is 0 Å². The summed E-state index contributed by atoms with van der Waals surface area (Å²) in [5.74, 6) is 0.892. The second-order valence-corrected chi connectivity index (χ2v) is 8.42. The van der Waals surface area contributed by atoms with Crippen molar-refractivity contribution in [3.05, 3.63) is 35.9 Å². The van der Waals surface area contributed by atoms with Gasteiger partial charge in [-0.05, 0) is 50.5 Å². The average molecular weight is 373 g/mol. The molecule has 1 saturated carbocycles. The Morgan fingerprint density at radius 2 is 1.93 bits per heavy atom. The number of hydrogen-bond donors (Lipinski definition) is 1. The topological polar surface area (TPSA) is 53.0 Å². The number of carbonyl (C=O) groups is 1. The lowest BCUT2D eigenvalue weighted by Crippen LogP contribution is -2.47. The van der Waals surface area contributed by atoms with Gasteiger partial charge in [0.1, 0.15) is 0 Å². The zero-order valence-electron chi connectivity index (χ0n) is 16.3. The fourth-order valence-corrected chi connectivity index (χ4v) is 5.57. The Hall–Kier alpha value is -1.59. The summed E-state index contributed by atoms with van der Waals surface area (Å²) < 4.78 is 5.14. The van der Waals surface area contributed by atoms with Gasteiger partial charge in [0.15, 0.2) is 0 Å². The Kier molecular flexibility index (Phi) is 5.42. The molecule has 148 valence electrons. The van der Waals surface area contributed by atoms with Gasteiger partial charge in [0, 0.05) is 38.1 Å². The molecule has 0 bridgehead atoms. The number of aliphatic hydroxyl groups is 1. The molecule has 27 heavy (non-hydrogen) atoms. The minimum absolute atomic E-state index is 0.176. The van der Waals surface area contributed by atoms with E-state index in [1.807, 2.05) is 30.0 Å². The lowest BCUT2D eigenvalue weighted by Gasteiger charge is -2.42. The molecule has 1 aromatic rings. The van der Waals surface area contributed by atoms with Crippen molar-refractivity contribution in [2.45, 2.75) is 50.7 Å². The number of hydrogen-bond acceptors (Lipinski definition) is 4. The number of amides is 1. The van der Waals surface area contributed by atoms with Crippen LogP contribution >= 0.6 is 0 Å². The summed E-state index contributed by atoms with van der Waals surface area (Å²) >= 11 is 0. The van der Waals surface area contributed by atoms with Crippen LogP contribution in [0.3, 0.4) is 0 Å². The first-order chi connectivity index (χ1) is 13.1. The fraction of sp³-hybridized carbons (Fsp3) is 0.682. The van der Waals surface area contributed by atoms with Crippen molar-refractivity contribution in [3.63, 3.8) is 0 Å². The second kappa shape index (κ2) is 7.80. The van der Waals surface area contributed by atoms with Gasteiger partial charge in [0.25, 0.3) is 0 Å². The molecule has 0 aromatic heterocycles. The molecule has 5 nitrogen and oxygen atoms in total. The Morgan fingerprint density at radius 1 is 1.19 bits per heavy atom. The van der Waals surface area contributed by atoms with Gasteiger partial charge in [0.05, 0.1) is 12.2 Å². The largest absolute Gasteiger partial charge is 0.450 e. The van der Waals surface area contributed by atoms with E-state index in [1.165, 1.54) is 6.42 Å². The minimum Gasteiger partial charge on any atom is -0.450 e. The molecule has 2 saturated heterocycles. The number of nitrogens with zero attached hydrogens (tertiary/aromatic N) is 2. The van der Waals surface area contributed by atoms with E-state index in [0.29, 0.717) is 24.5 Å². The van der Waals surface area contributed by atoms with Crippen LogP contribution < -0.4 is 0 Å². The molecule has 0 spiro atoms. The summed E-state index contributed by atoms with van der Waals surface area (Å²) in [6, 6.07) is 10.8. The quantitative estimate of drug-likeness (QED) is 0.885. The Morgan fingerprint density at radius 3 is 2.63 bits per heavy atom. The van der Waals surface area contributed by atoms with Crippen LogP contribution in [-0.4, -0.2) is 59.8 Å². The maximum absolute atomic E-state index is 11.9. The van der Waals surface area contributed by atoms with Crippen LogP contribution in [0.2, 0.25) is 0 Å². The zero-order valence-corrected chi connectivity index (χ0v) is 16.3. The molecule has 3 atom stereocenters. The third-order valence-corrected chi connectivity index (χ3v) is 7.00. The smallest absolute Gasteiger partial charge is 0.409 e. The highest BCUT2D eigenvalue weighted by Gasteiger charge is 2.50. The lowest BCUT2D eigenvalue weighted by atomic mass is 9.67. The third kappa shape index (κ3) is 3.59. The molecular weight excluding hydrogens is 340 g/mol. The SMILES string of the molecule is CCOC(=O)N1CCC(N2C[C@H]3CCC[C@](O)(c4ccccc4)[C@H]3C2)CC1. The highest BCUT2D eigenvalue weighted by atomic mass is 16.6. The number of rotatable bonds is 3. The molecule has 1 aromatic carbocycles. The summed E-state index contributed by atoms with van der Waals surface area (Å²) in [5, 5.41) is 11.6. The van der Waals surface area contributed by atoms with Crippen LogP contribution in [0.4, 0.5) is 4.79 Å². The Labute approximate surface area is 162 Å². The van der Waals surface area contributed by atoms with Crippen molar-refractivity contribution in [2.24, 2.45) is 11.8 Å². The number of fused-ring (bicyclic) bond motifs is 1. The van der Waals surface area contributed by atoms with Crippen molar-refractivity contribution in [1.82, 2.24) is 9.80 Å². The molecule has 4 rings (SSSR count). The number of piperidine rings is 1. The van der Waals surface area contributed by atoms with E-state index in [-0.39, 0.29) is 6.09 Å². The first-order valence-corrected chi connectivity index (χ1v) is 10.6. The standard InChI is InChI=1S/C22H32N2O3/c1-2-27-21(25)23-13-10-19(11-14-23)24-15-17-7-6-12-22(26,20(17)16-24)18-8-4-3-5-9-18/h3-5,8-9,17,19-20,26H,2,6-7,10-16H2,1H3/t17-,20+,22+/m1/s1. The molecule has 3 fully saturated rings. The molecule has 3 aliphatic rings. The highest BCUT2D eigenvalue weighted by molar-refractivity contribution is 5.67. The van der Waals surface area contributed by atoms with Crippen LogP contribution in [0.1, 0.15) is 44.6 Å². The second-order valence-electron chi connectivity index (χ2n) is 8.42. The first kappa shape index (κ1) is 18.8. The summed E-state index contributed by atoms with van der Waals surface area (Å²) in [5.41, 5.74) is 0.392. The molecule has 1 amide bonds. The van der Waals surface area contributed by atoms with Gasteiger partial charge >= 0.3 is 6.09 Å². The minimum atomic E-state index is -0.690. The molecule has 1 N–H and O–H groups in total. The summed E-state index contributed by atoms with van der Waals surface area (Å²) in [6.07, 6.45) is 5.02. The Balaban J connectivity index is 1.41. The molecule has 0 unspecified atom stereocenters. The van der Waals surface area contributed by atoms with Crippen LogP contribution in [-0.2, 0) is 10.3 Å². The van der Waals surface area contributed by atoms with Crippen LogP contribution in [0, 0.1) is 11.8 Å². The predicted molar refractivity (Wildman–Crippen MR) is 104 cm³/mol. The molecule has 2 heterocycles. The van der Waals surface area contributed by atoms with E-state index in [2.05, 4.69) is 17.0 Å². The van der Waals surface area contributed by atoms with Crippen LogP contribution in [0.15, 0.2) is 30.3 Å². The first-order valence-electron chi connectivity index (χ1n) is 10.6. The van der Waals surface area contributed by atoms with Gasteiger partial charge in [-0.15, -0.1) is 0 Å². The third-order valence-electron chi connectivity index (χ3n) is 7.00. The summed E-state index contributed by atoms with van der Waals surface area (Å²) in [7, 11) is 0. The van der Waals surface area contributed by atoms with Crippen molar-refractivity contribution in [2.75, 3.05) is 32.8 Å². The van der Waals surface area contributed by atoms with Gasteiger partial charge in [-0.3, -0.25) is 4.90 Å². The van der Waals surface area contributed by atoms with Crippen molar-refractivity contribution < 1.29 is 14.6 Å². The maximum atomic E-state index is 11.9. The number of benzene rings is 1. The summed E-state index contributed by atoms with van der Waals surface area (Å²) in [6.45, 7) is 5.90. The Bertz CT molecular complexity index is 644. The number of carbonyl (C=O) groups excluding carboxylic acids is 1. The molecule has 1 aliphatic carbocycles. The van der Waals surface area contributed by atoms with Gasteiger partial charge in [0.2, 0.25) is 0 Å². The zero-order chi connectivity index (χ0) is 18.9. The molecular formula is C22H32N2O3. The van der Waals surface area contributed by atoms with E-state index >= 15 is 0 Å². The van der Waals surface area contributed by atoms with E-state index in [4.69, 9.17) is 4.74 Å². The molecule has 5 heteroatoms. The monoisotopic (exact) mass is 372 g/mol. The van der Waals surface area contributed by atoms with E-state index < -0.39 is 5.60 Å². The molecule has 0 radical (unpaired) electrons. The molecule has 2 aliphatic heterocycles. The lowest BCUT2D eigenvalue weighted by molar-refractivity contribution is -0.0654. The normalized spacial score (nSPS) is 32.3. The van der Waals surface area contributed by atoms with Crippen LogP contribution in [0.25, 0.3) is 0 Å². The maximum Gasteiger partial charge on any atom is 0.409 e. The van der Waals surface area contributed by atoms with Crippen molar-refractivity contribution in [3.8, 4) is 0 Å². The van der Waals surface area contributed by atoms with Gasteiger partial charge in [-0.2, -0.15) is 0 Å². The highest BCUT2D eigenvalue weighted by Crippen LogP contribution is 2.48. The van der Waals surface area contributed by atoms with Gasteiger partial charge < -0.3 is 14.7 Å². The summed E-state index contributed by atoms with van der Waals surface area (Å²) in [4.78, 5) is 16.4. The van der Waals surface area contributed by atoms with Crippen molar-refractivity contribution >= 4 is 6.09 Å². The van der Waals surface area contributed by atoms with E-state index in [9.17, 15) is 9.90 Å². The van der Waals surface area contributed by atoms with Gasteiger partial charge in [-0.25, -0.2) is 4.79 Å². The average Bonchev–Trinajstić information content (AvgIpc) is 3.15.